The molecule has 0 saturated carbocycles. The van der Waals surface area contributed by atoms with Crippen molar-refractivity contribution in [2.45, 2.75) is 56.3 Å². The van der Waals surface area contributed by atoms with E-state index in [0.29, 0.717) is 11.3 Å². The van der Waals surface area contributed by atoms with E-state index in [0.717, 1.165) is 0 Å². The Balaban J connectivity index is 3.02. The molecule has 0 spiro atoms. The summed E-state index contributed by atoms with van der Waals surface area (Å²) in [6.07, 6.45) is 0.635. The quantitative estimate of drug-likeness (QED) is 0.122. The Bertz CT molecular complexity index is 962. The number of thioether (sulfide) groups is 1. The van der Waals surface area contributed by atoms with E-state index >= 15 is 0 Å². The molecule has 0 saturated heterocycles. The van der Waals surface area contributed by atoms with Crippen LogP contribution in [0.15, 0.2) is 30.3 Å². The highest BCUT2D eigenvalue weighted by molar-refractivity contribution is 7.98. The van der Waals surface area contributed by atoms with Crippen molar-refractivity contribution in [1.82, 2.24) is 16.0 Å². The molecule has 37 heavy (non-hydrogen) atoms. The van der Waals surface area contributed by atoms with Crippen LogP contribution in [0.4, 0.5) is 0 Å². The van der Waals surface area contributed by atoms with Crippen molar-refractivity contribution in [3.8, 4) is 0 Å². The van der Waals surface area contributed by atoms with Gasteiger partial charge < -0.3 is 37.6 Å². The van der Waals surface area contributed by atoms with Gasteiger partial charge in [0.05, 0.1) is 12.5 Å². The SMILES string of the molecule is CSCCC(N)C(=O)NC(CC(=O)O)C(=O)NC(CCC(N)=O)C(=O)NC(Cc1ccccc1)C(=O)O. The highest BCUT2D eigenvalue weighted by Gasteiger charge is 2.31. The molecule has 1 aromatic rings. The number of benzene rings is 1. The summed E-state index contributed by atoms with van der Waals surface area (Å²) in [7, 11) is 0. The van der Waals surface area contributed by atoms with E-state index in [-0.39, 0.29) is 25.7 Å². The van der Waals surface area contributed by atoms with Crippen molar-refractivity contribution in [3.05, 3.63) is 35.9 Å². The second-order valence-electron chi connectivity index (χ2n) is 8.20. The summed E-state index contributed by atoms with van der Waals surface area (Å²) in [4.78, 5) is 72.5. The van der Waals surface area contributed by atoms with Crippen LogP contribution in [0.1, 0.15) is 31.2 Å². The van der Waals surface area contributed by atoms with Gasteiger partial charge in [-0.1, -0.05) is 30.3 Å². The average Bonchev–Trinajstić information content (AvgIpc) is 2.83. The first-order valence-electron chi connectivity index (χ1n) is 11.4. The lowest BCUT2D eigenvalue weighted by molar-refractivity contribution is -0.143. The van der Waals surface area contributed by atoms with Crippen LogP contribution in [0.3, 0.4) is 0 Å². The summed E-state index contributed by atoms with van der Waals surface area (Å²) in [5, 5.41) is 25.7. The normalized spacial score (nSPS) is 13.9. The molecule has 0 heterocycles. The number of carbonyl (C=O) groups is 6. The third-order valence-corrected chi connectivity index (χ3v) is 5.84. The first-order valence-corrected chi connectivity index (χ1v) is 12.8. The van der Waals surface area contributed by atoms with Crippen LogP contribution in [0.2, 0.25) is 0 Å². The third kappa shape index (κ3) is 12.2. The maximum absolute atomic E-state index is 12.9. The van der Waals surface area contributed by atoms with E-state index in [9.17, 15) is 39.0 Å². The Hall–Kier alpha value is -3.65. The molecule has 0 aromatic heterocycles. The predicted molar refractivity (Wildman–Crippen MR) is 135 cm³/mol. The van der Waals surface area contributed by atoms with Gasteiger partial charge in [-0.3, -0.25) is 24.0 Å². The van der Waals surface area contributed by atoms with Gasteiger partial charge in [-0.05, 0) is 30.4 Å². The summed E-state index contributed by atoms with van der Waals surface area (Å²) >= 11 is 1.45. The van der Waals surface area contributed by atoms with Gasteiger partial charge in [0.1, 0.15) is 18.1 Å². The summed E-state index contributed by atoms with van der Waals surface area (Å²) < 4.78 is 0. The van der Waals surface area contributed by atoms with Gasteiger partial charge in [-0.25, -0.2) is 4.79 Å². The Labute approximate surface area is 218 Å². The molecule has 0 aliphatic rings. The van der Waals surface area contributed by atoms with E-state index in [1.165, 1.54) is 11.8 Å². The number of nitrogens with two attached hydrogens (primary N) is 2. The summed E-state index contributed by atoms with van der Waals surface area (Å²) in [6.45, 7) is 0. The van der Waals surface area contributed by atoms with E-state index in [1.807, 2.05) is 6.26 Å². The second-order valence-corrected chi connectivity index (χ2v) is 9.19. The van der Waals surface area contributed by atoms with E-state index in [2.05, 4.69) is 16.0 Å². The molecule has 0 aliphatic heterocycles. The van der Waals surface area contributed by atoms with Crippen molar-refractivity contribution in [1.29, 1.82) is 0 Å². The van der Waals surface area contributed by atoms with Crippen molar-refractivity contribution in [2.24, 2.45) is 11.5 Å². The molecule has 4 unspecified atom stereocenters. The number of hydrogen-bond donors (Lipinski definition) is 7. The zero-order valence-electron chi connectivity index (χ0n) is 20.3. The maximum Gasteiger partial charge on any atom is 0.326 e. The number of amides is 4. The molecule has 1 aromatic carbocycles. The highest BCUT2D eigenvalue weighted by atomic mass is 32.2. The average molecular weight is 540 g/mol. The maximum atomic E-state index is 12.9. The molecule has 14 heteroatoms. The number of aliphatic carboxylic acids is 2. The van der Waals surface area contributed by atoms with Crippen LogP contribution >= 0.6 is 11.8 Å². The molecule has 13 nitrogen and oxygen atoms in total. The minimum atomic E-state index is -1.58. The van der Waals surface area contributed by atoms with Crippen LogP contribution in [0.25, 0.3) is 0 Å². The number of carboxylic acids is 2. The Morgan fingerprint density at radius 3 is 1.97 bits per heavy atom. The zero-order chi connectivity index (χ0) is 28.0. The Kier molecular flexibility index (Phi) is 13.7. The van der Waals surface area contributed by atoms with Gasteiger partial charge in [0, 0.05) is 12.8 Å². The lowest BCUT2D eigenvalue weighted by Gasteiger charge is -2.24. The van der Waals surface area contributed by atoms with Crippen LogP contribution in [-0.2, 0) is 35.2 Å². The number of nitrogens with one attached hydrogen (secondary N) is 3. The lowest BCUT2D eigenvalue weighted by Crippen LogP contribution is -2.57. The molecule has 4 atom stereocenters. The van der Waals surface area contributed by atoms with Gasteiger partial charge in [-0.15, -0.1) is 0 Å². The molecular weight excluding hydrogens is 506 g/mol. The van der Waals surface area contributed by atoms with Gasteiger partial charge in [-0.2, -0.15) is 11.8 Å². The molecule has 0 radical (unpaired) electrons. The van der Waals surface area contributed by atoms with Crippen molar-refractivity contribution in [2.75, 3.05) is 12.0 Å². The van der Waals surface area contributed by atoms with E-state index < -0.39 is 66.2 Å². The van der Waals surface area contributed by atoms with E-state index in [1.54, 1.807) is 30.3 Å². The Morgan fingerprint density at radius 1 is 0.865 bits per heavy atom. The smallest absolute Gasteiger partial charge is 0.326 e. The van der Waals surface area contributed by atoms with Crippen LogP contribution < -0.4 is 27.4 Å². The van der Waals surface area contributed by atoms with Crippen molar-refractivity contribution < 1.29 is 39.0 Å². The van der Waals surface area contributed by atoms with Crippen molar-refractivity contribution >= 4 is 47.3 Å². The summed E-state index contributed by atoms with van der Waals surface area (Å²) in [5.74, 6) is -5.63. The molecule has 0 bridgehead atoms. The Morgan fingerprint density at radius 2 is 1.43 bits per heavy atom. The van der Waals surface area contributed by atoms with Gasteiger partial charge in [0.15, 0.2) is 0 Å². The third-order valence-electron chi connectivity index (χ3n) is 5.19. The largest absolute Gasteiger partial charge is 0.481 e. The predicted octanol–water partition coefficient (Wildman–Crippen LogP) is -1.41. The molecular formula is C23H33N5O8S. The number of rotatable bonds is 17. The topological polar surface area (TPSA) is 231 Å². The van der Waals surface area contributed by atoms with Gasteiger partial charge in [0.25, 0.3) is 0 Å². The van der Waals surface area contributed by atoms with Crippen LogP contribution in [0, 0.1) is 0 Å². The van der Waals surface area contributed by atoms with Crippen LogP contribution in [0.5, 0.6) is 0 Å². The van der Waals surface area contributed by atoms with Gasteiger partial charge >= 0.3 is 11.9 Å². The molecule has 0 fully saturated rings. The second kappa shape index (κ2) is 16.2. The molecule has 9 N–H and O–H groups in total. The zero-order valence-corrected chi connectivity index (χ0v) is 21.2. The molecule has 204 valence electrons. The number of hydrogen-bond acceptors (Lipinski definition) is 8. The molecule has 0 aliphatic carbocycles. The minimum absolute atomic E-state index is 0.0516. The number of carbonyl (C=O) groups excluding carboxylic acids is 4. The highest BCUT2D eigenvalue weighted by Crippen LogP contribution is 2.07. The molecule has 1 rings (SSSR count). The lowest BCUT2D eigenvalue weighted by atomic mass is 10.0. The van der Waals surface area contributed by atoms with Crippen molar-refractivity contribution in [3.63, 3.8) is 0 Å². The van der Waals surface area contributed by atoms with Crippen LogP contribution in [-0.4, -0.2) is 82.0 Å². The summed E-state index contributed by atoms with van der Waals surface area (Å²) in [5.41, 5.74) is 11.6. The van der Waals surface area contributed by atoms with Gasteiger partial charge in [0.2, 0.25) is 23.6 Å². The first kappa shape index (κ1) is 31.4. The summed E-state index contributed by atoms with van der Waals surface area (Å²) in [6, 6.07) is 3.16. The first-order chi connectivity index (χ1) is 17.4. The number of carboxylic acid groups (broad SMARTS) is 2. The number of primary amides is 1. The fraction of sp³-hybridized carbons (Fsp3) is 0.478. The standard InChI is InChI=1S/C23H33N5O8S/c1-37-10-9-14(24)20(32)27-16(12-19(30)31)22(34)26-15(7-8-18(25)29)21(33)28-17(23(35)36)11-13-5-3-2-4-6-13/h2-6,14-17H,7-12,24H2,1H3,(H2,25,29)(H,26,34)(H,27,32)(H,28,33)(H,30,31)(H,35,36). The molecule has 4 amide bonds. The minimum Gasteiger partial charge on any atom is -0.481 e. The monoisotopic (exact) mass is 539 g/mol. The van der Waals surface area contributed by atoms with E-state index in [4.69, 9.17) is 11.5 Å². The fourth-order valence-electron chi connectivity index (χ4n) is 3.19. The fourth-order valence-corrected chi connectivity index (χ4v) is 3.68.